The SMILES string of the molecule is C=C(Cl)Cn1c2c(c3cc(C)ccc31)CN(C)CC2. The van der Waals surface area contributed by atoms with Crippen molar-refractivity contribution in [3.05, 3.63) is 46.6 Å². The van der Waals surface area contributed by atoms with Gasteiger partial charge in [-0.3, -0.25) is 0 Å². The van der Waals surface area contributed by atoms with E-state index in [0.717, 1.165) is 19.5 Å². The van der Waals surface area contributed by atoms with Crippen LogP contribution in [0.3, 0.4) is 0 Å². The topological polar surface area (TPSA) is 8.17 Å². The molecule has 0 saturated carbocycles. The number of allylic oxidation sites excluding steroid dienone is 1. The number of nitrogens with zero attached hydrogens (tertiary/aromatic N) is 2. The van der Waals surface area contributed by atoms with Crippen molar-refractivity contribution >= 4 is 22.5 Å². The Labute approximate surface area is 119 Å². The molecular weight excluding hydrogens is 256 g/mol. The summed E-state index contributed by atoms with van der Waals surface area (Å²) in [6.45, 7) is 8.84. The molecule has 0 unspecified atom stereocenters. The van der Waals surface area contributed by atoms with E-state index < -0.39 is 0 Å². The lowest BCUT2D eigenvalue weighted by Crippen LogP contribution is -2.27. The molecule has 100 valence electrons. The Hall–Kier alpha value is -1.25. The number of halogens is 1. The fraction of sp³-hybridized carbons (Fsp3) is 0.375. The van der Waals surface area contributed by atoms with Gasteiger partial charge in [0, 0.05) is 41.1 Å². The van der Waals surface area contributed by atoms with Gasteiger partial charge in [0.25, 0.3) is 0 Å². The van der Waals surface area contributed by atoms with Gasteiger partial charge in [0.1, 0.15) is 0 Å². The molecule has 3 heteroatoms. The minimum Gasteiger partial charge on any atom is -0.339 e. The first-order valence-electron chi connectivity index (χ1n) is 6.68. The Morgan fingerprint density at radius 2 is 2.21 bits per heavy atom. The molecule has 0 amide bonds. The van der Waals surface area contributed by atoms with Crippen molar-refractivity contribution in [1.82, 2.24) is 9.47 Å². The van der Waals surface area contributed by atoms with E-state index in [1.165, 1.54) is 27.7 Å². The number of likely N-dealkylation sites (N-methyl/N-ethyl adjacent to an activating group) is 1. The highest BCUT2D eigenvalue weighted by Crippen LogP contribution is 2.32. The van der Waals surface area contributed by atoms with Gasteiger partial charge in [0.15, 0.2) is 0 Å². The van der Waals surface area contributed by atoms with Gasteiger partial charge < -0.3 is 9.47 Å². The quantitative estimate of drug-likeness (QED) is 0.811. The van der Waals surface area contributed by atoms with E-state index in [0.29, 0.717) is 11.6 Å². The zero-order valence-corrected chi connectivity index (χ0v) is 12.3. The summed E-state index contributed by atoms with van der Waals surface area (Å²) in [7, 11) is 2.18. The smallest absolute Gasteiger partial charge is 0.0579 e. The number of aryl methyl sites for hydroxylation is 1. The van der Waals surface area contributed by atoms with E-state index in [9.17, 15) is 0 Å². The Bertz CT molecular complexity index is 654. The zero-order chi connectivity index (χ0) is 13.6. The Morgan fingerprint density at radius 3 is 2.95 bits per heavy atom. The Balaban J connectivity index is 2.26. The molecule has 19 heavy (non-hydrogen) atoms. The predicted octanol–water partition coefficient (Wildman–Crippen LogP) is 3.69. The summed E-state index contributed by atoms with van der Waals surface area (Å²) in [4.78, 5) is 2.38. The first kappa shape index (κ1) is 12.8. The van der Waals surface area contributed by atoms with Gasteiger partial charge in [0.2, 0.25) is 0 Å². The molecule has 0 saturated heterocycles. The van der Waals surface area contributed by atoms with E-state index in [2.05, 4.69) is 48.2 Å². The van der Waals surface area contributed by atoms with Gasteiger partial charge in [-0.1, -0.05) is 29.8 Å². The maximum Gasteiger partial charge on any atom is 0.0579 e. The van der Waals surface area contributed by atoms with E-state index in [1.807, 2.05) is 0 Å². The molecule has 3 rings (SSSR count). The second-order valence-electron chi connectivity index (χ2n) is 5.54. The monoisotopic (exact) mass is 274 g/mol. The van der Waals surface area contributed by atoms with Crippen molar-refractivity contribution in [1.29, 1.82) is 0 Å². The number of benzene rings is 1. The van der Waals surface area contributed by atoms with Crippen molar-refractivity contribution in [2.24, 2.45) is 0 Å². The number of fused-ring (bicyclic) bond motifs is 3. The van der Waals surface area contributed by atoms with Crippen LogP contribution in [0.25, 0.3) is 10.9 Å². The van der Waals surface area contributed by atoms with Gasteiger partial charge in [-0.25, -0.2) is 0 Å². The molecule has 2 nitrogen and oxygen atoms in total. The molecule has 0 atom stereocenters. The van der Waals surface area contributed by atoms with Crippen molar-refractivity contribution in [3.8, 4) is 0 Å². The normalized spacial score (nSPS) is 15.7. The summed E-state index contributed by atoms with van der Waals surface area (Å²) in [5, 5.41) is 2.07. The predicted molar refractivity (Wildman–Crippen MR) is 81.7 cm³/mol. The molecule has 1 aliphatic heterocycles. The maximum absolute atomic E-state index is 6.05. The van der Waals surface area contributed by atoms with Crippen molar-refractivity contribution in [2.75, 3.05) is 13.6 Å². The first-order valence-corrected chi connectivity index (χ1v) is 7.06. The average molecular weight is 275 g/mol. The van der Waals surface area contributed by atoms with E-state index in [4.69, 9.17) is 11.6 Å². The molecule has 1 aromatic carbocycles. The second-order valence-corrected chi connectivity index (χ2v) is 6.07. The number of aromatic nitrogens is 1. The third-order valence-corrected chi connectivity index (χ3v) is 4.05. The number of hydrogen-bond acceptors (Lipinski definition) is 1. The summed E-state index contributed by atoms with van der Waals surface area (Å²) < 4.78 is 2.34. The molecule has 1 aromatic heterocycles. The van der Waals surface area contributed by atoms with Crippen LogP contribution in [0.5, 0.6) is 0 Å². The van der Waals surface area contributed by atoms with Gasteiger partial charge in [-0.15, -0.1) is 0 Å². The van der Waals surface area contributed by atoms with Crippen LogP contribution in [-0.2, 0) is 19.5 Å². The molecule has 2 heterocycles. The van der Waals surface area contributed by atoms with Gasteiger partial charge in [-0.2, -0.15) is 0 Å². The molecular formula is C16H19ClN2. The minimum absolute atomic E-state index is 0.694. The van der Waals surface area contributed by atoms with Crippen molar-refractivity contribution < 1.29 is 0 Å². The van der Waals surface area contributed by atoms with E-state index in [-0.39, 0.29) is 0 Å². The highest BCUT2D eigenvalue weighted by Gasteiger charge is 2.22. The summed E-state index contributed by atoms with van der Waals surface area (Å²) in [5.41, 5.74) is 5.49. The van der Waals surface area contributed by atoms with E-state index >= 15 is 0 Å². The first-order chi connectivity index (χ1) is 9.06. The summed E-state index contributed by atoms with van der Waals surface area (Å²) in [6, 6.07) is 6.68. The summed E-state index contributed by atoms with van der Waals surface area (Å²) in [5.74, 6) is 0. The third kappa shape index (κ3) is 2.19. The van der Waals surface area contributed by atoms with Crippen molar-refractivity contribution in [2.45, 2.75) is 26.4 Å². The Morgan fingerprint density at radius 1 is 1.42 bits per heavy atom. The largest absolute Gasteiger partial charge is 0.339 e. The molecule has 0 spiro atoms. The molecule has 0 N–H and O–H groups in total. The fourth-order valence-corrected chi connectivity index (χ4v) is 3.17. The lowest BCUT2D eigenvalue weighted by atomic mass is 10.0. The fourth-order valence-electron chi connectivity index (χ4n) is 3.05. The van der Waals surface area contributed by atoms with Crippen LogP contribution < -0.4 is 0 Å². The number of hydrogen-bond donors (Lipinski definition) is 0. The average Bonchev–Trinajstić information content (AvgIpc) is 2.62. The van der Waals surface area contributed by atoms with Crippen LogP contribution in [0.1, 0.15) is 16.8 Å². The number of rotatable bonds is 2. The maximum atomic E-state index is 6.05. The molecule has 0 fully saturated rings. The Kier molecular flexibility index (Phi) is 3.15. The van der Waals surface area contributed by atoms with Crippen LogP contribution in [0.15, 0.2) is 29.8 Å². The summed E-state index contributed by atoms with van der Waals surface area (Å²) in [6.07, 6.45) is 1.09. The van der Waals surface area contributed by atoms with Crippen LogP contribution in [0.2, 0.25) is 0 Å². The van der Waals surface area contributed by atoms with Crippen LogP contribution in [0.4, 0.5) is 0 Å². The van der Waals surface area contributed by atoms with Gasteiger partial charge in [0.05, 0.1) is 6.54 Å². The standard InChI is InChI=1S/C16H19ClN2/c1-11-4-5-15-13(8-11)14-10-18(3)7-6-16(14)19(15)9-12(2)17/h4-5,8H,2,6-7,9-10H2,1,3H3. The highest BCUT2D eigenvalue weighted by atomic mass is 35.5. The molecule has 1 aliphatic rings. The zero-order valence-electron chi connectivity index (χ0n) is 11.5. The van der Waals surface area contributed by atoms with Gasteiger partial charge >= 0.3 is 0 Å². The third-order valence-electron chi connectivity index (χ3n) is 3.93. The molecule has 0 radical (unpaired) electrons. The lowest BCUT2D eigenvalue weighted by Gasteiger charge is -2.24. The second kappa shape index (κ2) is 4.69. The van der Waals surface area contributed by atoms with Gasteiger partial charge in [-0.05, 0) is 31.7 Å². The lowest BCUT2D eigenvalue weighted by molar-refractivity contribution is 0.310. The van der Waals surface area contributed by atoms with Crippen LogP contribution >= 0.6 is 11.6 Å². The minimum atomic E-state index is 0.694. The van der Waals surface area contributed by atoms with Crippen molar-refractivity contribution in [3.63, 3.8) is 0 Å². The highest BCUT2D eigenvalue weighted by molar-refractivity contribution is 6.29. The summed E-state index contributed by atoms with van der Waals surface area (Å²) >= 11 is 6.05. The molecule has 0 aliphatic carbocycles. The molecule has 0 bridgehead atoms. The van der Waals surface area contributed by atoms with Crippen LogP contribution in [0, 0.1) is 6.92 Å². The van der Waals surface area contributed by atoms with E-state index in [1.54, 1.807) is 0 Å². The van der Waals surface area contributed by atoms with Crippen LogP contribution in [-0.4, -0.2) is 23.1 Å². The molecule has 2 aromatic rings.